The lowest BCUT2D eigenvalue weighted by Crippen LogP contribution is -2.20. The van der Waals surface area contributed by atoms with Crippen LogP contribution in [-0.2, 0) is 11.2 Å². The van der Waals surface area contributed by atoms with Gasteiger partial charge in [-0.25, -0.2) is 0 Å². The van der Waals surface area contributed by atoms with Gasteiger partial charge in [0.1, 0.15) is 17.6 Å². The summed E-state index contributed by atoms with van der Waals surface area (Å²) in [6.45, 7) is 1.92. The van der Waals surface area contributed by atoms with Gasteiger partial charge in [0.2, 0.25) is 0 Å². The number of fused-ring (bicyclic) bond motifs is 1. The highest BCUT2D eigenvalue weighted by atomic mass is 35.5. The molecular weight excluding hydrogens is 414 g/mol. The van der Waals surface area contributed by atoms with Crippen molar-refractivity contribution in [1.82, 2.24) is 0 Å². The zero-order valence-corrected chi connectivity index (χ0v) is 17.6. The standard InChI is InChI=1S/C25H20ClNO4/c1-2-16-3-9-19(10-4-16)27-24(28)15-30-20-11-12-21-23(13-20)31-14-22(25(21)29)17-5-7-18(26)8-6-17/h3-14H,2,15H2,1H3,(H,27,28). The van der Waals surface area contributed by atoms with E-state index in [0.29, 0.717) is 33.0 Å². The fourth-order valence-electron chi connectivity index (χ4n) is 3.20. The van der Waals surface area contributed by atoms with Gasteiger partial charge in [-0.05, 0) is 53.9 Å². The predicted molar refractivity (Wildman–Crippen MR) is 123 cm³/mol. The van der Waals surface area contributed by atoms with E-state index in [0.717, 1.165) is 12.0 Å². The highest BCUT2D eigenvalue weighted by molar-refractivity contribution is 6.30. The molecule has 0 aliphatic rings. The Morgan fingerprint density at radius 3 is 2.48 bits per heavy atom. The molecule has 31 heavy (non-hydrogen) atoms. The quantitative estimate of drug-likeness (QED) is 0.424. The average molecular weight is 434 g/mol. The van der Waals surface area contributed by atoms with Crippen molar-refractivity contribution in [3.05, 3.63) is 93.8 Å². The van der Waals surface area contributed by atoms with Crippen LogP contribution in [0.15, 0.2) is 82.2 Å². The third kappa shape index (κ3) is 4.78. The van der Waals surface area contributed by atoms with Crippen LogP contribution < -0.4 is 15.5 Å². The van der Waals surface area contributed by atoms with Gasteiger partial charge in [0, 0.05) is 16.8 Å². The Morgan fingerprint density at radius 1 is 1.03 bits per heavy atom. The molecule has 1 N–H and O–H groups in total. The number of hydrogen-bond acceptors (Lipinski definition) is 4. The number of anilines is 1. The highest BCUT2D eigenvalue weighted by Gasteiger charge is 2.11. The fraction of sp³-hybridized carbons (Fsp3) is 0.120. The van der Waals surface area contributed by atoms with E-state index in [1.54, 1.807) is 42.5 Å². The molecular formula is C25H20ClNO4. The molecule has 3 aromatic carbocycles. The zero-order valence-electron chi connectivity index (χ0n) is 16.9. The molecule has 0 saturated carbocycles. The lowest BCUT2D eigenvalue weighted by molar-refractivity contribution is -0.118. The molecule has 0 saturated heterocycles. The van der Waals surface area contributed by atoms with Crippen molar-refractivity contribution in [1.29, 1.82) is 0 Å². The van der Waals surface area contributed by atoms with Crippen molar-refractivity contribution >= 4 is 34.2 Å². The van der Waals surface area contributed by atoms with Gasteiger partial charge in [-0.3, -0.25) is 9.59 Å². The molecule has 0 fully saturated rings. The number of carbonyl (C=O) groups is 1. The molecule has 156 valence electrons. The second kappa shape index (κ2) is 9.06. The van der Waals surface area contributed by atoms with Crippen LogP contribution in [0, 0.1) is 0 Å². The Morgan fingerprint density at radius 2 is 1.77 bits per heavy atom. The van der Waals surface area contributed by atoms with E-state index >= 15 is 0 Å². The normalized spacial score (nSPS) is 10.8. The summed E-state index contributed by atoms with van der Waals surface area (Å²) in [6, 6.07) is 19.5. The lowest BCUT2D eigenvalue weighted by Gasteiger charge is -2.09. The van der Waals surface area contributed by atoms with Gasteiger partial charge in [-0.1, -0.05) is 42.8 Å². The van der Waals surface area contributed by atoms with E-state index in [2.05, 4.69) is 12.2 Å². The molecule has 0 spiro atoms. The topological polar surface area (TPSA) is 68.5 Å². The highest BCUT2D eigenvalue weighted by Crippen LogP contribution is 2.24. The van der Waals surface area contributed by atoms with Gasteiger partial charge in [-0.2, -0.15) is 0 Å². The van der Waals surface area contributed by atoms with Crippen LogP contribution >= 0.6 is 11.6 Å². The second-order valence-electron chi connectivity index (χ2n) is 7.03. The minimum absolute atomic E-state index is 0.150. The van der Waals surface area contributed by atoms with Crippen molar-refractivity contribution < 1.29 is 13.9 Å². The third-order valence-corrected chi connectivity index (χ3v) is 5.17. The van der Waals surface area contributed by atoms with Crippen molar-refractivity contribution in [2.45, 2.75) is 13.3 Å². The first-order valence-corrected chi connectivity index (χ1v) is 10.2. The number of amides is 1. The van der Waals surface area contributed by atoms with Gasteiger partial charge in [0.15, 0.2) is 12.0 Å². The molecule has 1 aromatic heterocycles. The maximum atomic E-state index is 12.8. The van der Waals surface area contributed by atoms with E-state index in [9.17, 15) is 9.59 Å². The Balaban J connectivity index is 1.46. The molecule has 0 radical (unpaired) electrons. The van der Waals surface area contributed by atoms with Gasteiger partial charge in [0.25, 0.3) is 5.91 Å². The largest absolute Gasteiger partial charge is 0.484 e. The Labute approximate surface area is 184 Å². The van der Waals surface area contributed by atoms with Gasteiger partial charge < -0.3 is 14.5 Å². The summed E-state index contributed by atoms with van der Waals surface area (Å²) in [5.74, 6) is 0.162. The second-order valence-corrected chi connectivity index (χ2v) is 7.47. The molecule has 6 heteroatoms. The number of benzene rings is 3. The molecule has 4 aromatic rings. The maximum absolute atomic E-state index is 12.8. The number of halogens is 1. The van der Waals surface area contributed by atoms with Crippen LogP contribution in [0.4, 0.5) is 5.69 Å². The molecule has 1 heterocycles. The monoisotopic (exact) mass is 433 g/mol. The lowest BCUT2D eigenvalue weighted by atomic mass is 10.1. The number of nitrogens with one attached hydrogen (secondary N) is 1. The van der Waals surface area contributed by atoms with E-state index in [1.807, 2.05) is 24.3 Å². The summed E-state index contributed by atoms with van der Waals surface area (Å²) >= 11 is 5.92. The summed E-state index contributed by atoms with van der Waals surface area (Å²) in [7, 11) is 0. The summed E-state index contributed by atoms with van der Waals surface area (Å²) in [6.07, 6.45) is 2.36. The number of aryl methyl sites for hydroxylation is 1. The van der Waals surface area contributed by atoms with Gasteiger partial charge in [-0.15, -0.1) is 0 Å². The van der Waals surface area contributed by atoms with Crippen LogP contribution in [0.5, 0.6) is 5.75 Å². The average Bonchev–Trinajstić information content (AvgIpc) is 2.79. The van der Waals surface area contributed by atoms with Gasteiger partial charge in [0.05, 0.1) is 10.9 Å². The molecule has 0 unspecified atom stereocenters. The van der Waals surface area contributed by atoms with Crippen LogP contribution in [0.25, 0.3) is 22.1 Å². The van der Waals surface area contributed by atoms with Crippen LogP contribution in [0.2, 0.25) is 5.02 Å². The van der Waals surface area contributed by atoms with Crippen molar-refractivity contribution in [3.8, 4) is 16.9 Å². The molecule has 0 aliphatic heterocycles. The Kier molecular flexibility index (Phi) is 6.05. The van der Waals surface area contributed by atoms with Crippen molar-refractivity contribution in [3.63, 3.8) is 0 Å². The summed E-state index contributed by atoms with van der Waals surface area (Å²) < 4.78 is 11.2. The van der Waals surface area contributed by atoms with E-state index in [-0.39, 0.29) is 17.9 Å². The molecule has 5 nitrogen and oxygen atoms in total. The van der Waals surface area contributed by atoms with Crippen molar-refractivity contribution in [2.24, 2.45) is 0 Å². The fourth-order valence-corrected chi connectivity index (χ4v) is 3.32. The smallest absolute Gasteiger partial charge is 0.262 e. The van der Waals surface area contributed by atoms with Crippen LogP contribution in [0.1, 0.15) is 12.5 Å². The third-order valence-electron chi connectivity index (χ3n) is 4.92. The minimum Gasteiger partial charge on any atom is -0.484 e. The van der Waals surface area contributed by atoms with Gasteiger partial charge >= 0.3 is 0 Å². The first kappa shape index (κ1) is 20.7. The van der Waals surface area contributed by atoms with E-state index < -0.39 is 0 Å². The summed E-state index contributed by atoms with van der Waals surface area (Å²) in [5, 5.41) is 3.82. The molecule has 4 rings (SSSR count). The molecule has 1 amide bonds. The Bertz CT molecular complexity index is 1280. The first-order valence-electron chi connectivity index (χ1n) is 9.86. The Hall–Kier alpha value is -3.57. The van der Waals surface area contributed by atoms with Crippen LogP contribution in [0.3, 0.4) is 0 Å². The molecule has 0 bridgehead atoms. The SMILES string of the molecule is CCc1ccc(NC(=O)COc2ccc3c(=O)c(-c4ccc(Cl)cc4)coc3c2)cc1. The van der Waals surface area contributed by atoms with Crippen LogP contribution in [-0.4, -0.2) is 12.5 Å². The number of hydrogen-bond donors (Lipinski definition) is 1. The number of ether oxygens (including phenoxy) is 1. The predicted octanol–water partition coefficient (Wildman–Crippen LogP) is 5.69. The summed E-state index contributed by atoms with van der Waals surface area (Å²) in [5.41, 5.74) is 3.32. The summed E-state index contributed by atoms with van der Waals surface area (Å²) in [4.78, 5) is 25.0. The first-order chi connectivity index (χ1) is 15.0. The number of carbonyl (C=O) groups excluding carboxylic acids is 1. The molecule has 0 atom stereocenters. The van der Waals surface area contributed by atoms with E-state index in [1.165, 1.54) is 11.8 Å². The van der Waals surface area contributed by atoms with Crippen molar-refractivity contribution in [2.75, 3.05) is 11.9 Å². The zero-order chi connectivity index (χ0) is 21.8. The van der Waals surface area contributed by atoms with E-state index in [4.69, 9.17) is 20.8 Å². The maximum Gasteiger partial charge on any atom is 0.262 e. The molecule has 0 aliphatic carbocycles. The number of rotatable bonds is 6. The minimum atomic E-state index is -0.274.